The van der Waals surface area contributed by atoms with Gasteiger partial charge in [0.2, 0.25) is 0 Å². The Labute approximate surface area is 88.3 Å². The van der Waals surface area contributed by atoms with Crippen LogP contribution in [0.1, 0.15) is 16.8 Å². The molecule has 76 valence electrons. The number of benzene rings is 1. The first-order chi connectivity index (χ1) is 7.33. The third-order valence-electron chi connectivity index (χ3n) is 2.35. The second-order valence-corrected chi connectivity index (χ2v) is 3.29. The summed E-state index contributed by atoms with van der Waals surface area (Å²) < 4.78 is 0. The molecule has 0 aromatic heterocycles. The molecule has 0 unspecified atom stereocenters. The Kier molecular flexibility index (Phi) is 2.70. The molecule has 1 N–H and O–H groups in total. The van der Waals surface area contributed by atoms with Gasteiger partial charge in [0.15, 0.2) is 5.78 Å². The van der Waals surface area contributed by atoms with E-state index in [0.29, 0.717) is 13.0 Å². The average Bonchev–Trinajstić information content (AvgIpc) is 2.29. The number of aliphatic hydroxyl groups is 1. The fourth-order valence-corrected chi connectivity index (χ4v) is 1.66. The van der Waals surface area contributed by atoms with E-state index in [0.717, 1.165) is 11.3 Å². The molecule has 0 fully saturated rings. The highest BCUT2D eigenvalue weighted by molar-refractivity contribution is 6.03. The summed E-state index contributed by atoms with van der Waals surface area (Å²) in [6.07, 6.45) is 0.483. The van der Waals surface area contributed by atoms with Crippen LogP contribution in [0.25, 0.3) is 0 Å². The standard InChI is InChI=1S/C12H11NO2/c14-9-3-7-13-8-6-12(15)10-4-1-2-5-11(10)13/h1-2,4-5,14H,6,8-9H2. The van der Waals surface area contributed by atoms with Gasteiger partial charge in [0.1, 0.15) is 6.61 Å². The number of carbonyl (C=O) groups is 1. The van der Waals surface area contributed by atoms with Crippen LogP contribution >= 0.6 is 0 Å². The van der Waals surface area contributed by atoms with Crippen molar-refractivity contribution in [1.82, 2.24) is 0 Å². The number of hydrogen-bond donors (Lipinski definition) is 1. The van der Waals surface area contributed by atoms with Gasteiger partial charge in [-0.1, -0.05) is 18.1 Å². The zero-order valence-electron chi connectivity index (χ0n) is 8.23. The zero-order valence-corrected chi connectivity index (χ0v) is 8.23. The number of nitrogens with zero attached hydrogens (tertiary/aromatic N) is 1. The first-order valence-electron chi connectivity index (χ1n) is 4.82. The lowest BCUT2D eigenvalue weighted by Crippen LogP contribution is -2.27. The second kappa shape index (κ2) is 4.16. The number of rotatable bonds is 0. The maximum absolute atomic E-state index is 11.6. The van der Waals surface area contributed by atoms with E-state index in [2.05, 4.69) is 12.0 Å². The highest BCUT2D eigenvalue weighted by atomic mass is 16.2. The summed E-state index contributed by atoms with van der Waals surface area (Å²) in [5, 5.41) is 8.63. The van der Waals surface area contributed by atoms with Crippen LogP contribution in [0.5, 0.6) is 0 Å². The van der Waals surface area contributed by atoms with Crippen molar-refractivity contribution in [2.45, 2.75) is 6.42 Å². The number of Topliss-reactive ketones (excluding diaryl/α,β-unsaturated/α-hetero) is 1. The smallest absolute Gasteiger partial charge is 0.166 e. The van der Waals surface area contributed by atoms with Gasteiger partial charge < -0.3 is 10.0 Å². The van der Waals surface area contributed by atoms with Gasteiger partial charge in [-0.3, -0.25) is 4.79 Å². The summed E-state index contributed by atoms with van der Waals surface area (Å²) >= 11 is 0. The van der Waals surface area contributed by atoms with Gasteiger partial charge in [-0.15, -0.1) is 0 Å². The molecule has 0 aliphatic carbocycles. The zero-order chi connectivity index (χ0) is 10.7. The molecule has 0 radical (unpaired) electrons. The van der Waals surface area contributed by atoms with E-state index in [-0.39, 0.29) is 12.4 Å². The molecule has 0 bridgehead atoms. The van der Waals surface area contributed by atoms with E-state index in [9.17, 15) is 4.79 Å². The summed E-state index contributed by atoms with van der Waals surface area (Å²) in [5.41, 5.74) is 1.56. The molecule has 15 heavy (non-hydrogen) atoms. The molecule has 1 aliphatic rings. The fourth-order valence-electron chi connectivity index (χ4n) is 1.66. The van der Waals surface area contributed by atoms with Crippen molar-refractivity contribution >= 4 is 11.5 Å². The maximum Gasteiger partial charge on any atom is 0.166 e. The molecule has 1 aromatic rings. The second-order valence-electron chi connectivity index (χ2n) is 3.29. The van der Waals surface area contributed by atoms with E-state index in [4.69, 9.17) is 5.11 Å². The molecule has 2 rings (SSSR count). The highest BCUT2D eigenvalue weighted by Gasteiger charge is 2.20. The first kappa shape index (κ1) is 9.75. The molecule has 0 amide bonds. The SMILES string of the molecule is O=C1CCN(C#CCO)c2ccccc21. The largest absolute Gasteiger partial charge is 0.384 e. The minimum Gasteiger partial charge on any atom is -0.384 e. The first-order valence-corrected chi connectivity index (χ1v) is 4.82. The molecular formula is C12H11NO2. The van der Waals surface area contributed by atoms with Gasteiger partial charge in [-0.25, -0.2) is 0 Å². The summed E-state index contributed by atoms with van der Waals surface area (Å²) in [5.74, 6) is 2.75. The molecule has 0 atom stereocenters. The summed E-state index contributed by atoms with van der Waals surface area (Å²) in [6, 6.07) is 10.2. The monoisotopic (exact) mass is 201 g/mol. The number of fused-ring (bicyclic) bond motifs is 1. The molecule has 0 spiro atoms. The lowest BCUT2D eigenvalue weighted by atomic mass is 10.0. The minimum atomic E-state index is -0.160. The Bertz CT molecular complexity index is 442. The third kappa shape index (κ3) is 1.85. The van der Waals surface area contributed by atoms with Crippen molar-refractivity contribution in [1.29, 1.82) is 0 Å². The predicted octanol–water partition coefficient (Wildman–Crippen LogP) is 1.03. The molecule has 0 saturated carbocycles. The van der Waals surface area contributed by atoms with Crippen LogP contribution in [-0.2, 0) is 0 Å². The van der Waals surface area contributed by atoms with Crippen LogP contribution < -0.4 is 4.90 Å². The summed E-state index contributed by atoms with van der Waals surface area (Å²) in [6.45, 7) is 0.440. The molecule has 1 aliphatic heterocycles. The van der Waals surface area contributed by atoms with Crippen molar-refractivity contribution in [3.8, 4) is 12.0 Å². The van der Waals surface area contributed by atoms with Crippen molar-refractivity contribution in [2.24, 2.45) is 0 Å². The van der Waals surface area contributed by atoms with Gasteiger partial charge >= 0.3 is 0 Å². The quantitative estimate of drug-likeness (QED) is 0.637. The van der Waals surface area contributed by atoms with Crippen LogP contribution in [0.4, 0.5) is 5.69 Å². The van der Waals surface area contributed by atoms with Crippen molar-refractivity contribution < 1.29 is 9.90 Å². The van der Waals surface area contributed by atoms with Gasteiger partial charge in [-0.05, 0) is 12.1 Å². The number of carbonyl (C=O) groups excluding carboxylic acids is 1. The Morgan fingerprint density at radius 1 is 1.40 bits per heavy atom. The lowest BCUT2D eigenvalue weighted by molar-refractivity contribution is 0.0981. The van der Waals surface area contributed by atoms with E-state index >= 15 is 0 Å². The average molecular weight is 201 g/mol. The van der Waals surface area contributed by atoms with Crippen molar-refractivity contribution in [3.05, 3.63) is 29.8 Å². The minimum absolute atomic E-state index is 0.160. The van der Waals surface area contributed by atoms with E-state index in [1.807, 2.05) is 29.2 Å². The molecule has 1 heterocycles. The number of anilines is 1. The van der Waals surface area contributed by atoms with Crippen LogP contribution in [0.2, 0.25) is 0 Å². The highest BCUT2D eigenvalue weighted by Crippen LogP contribution is 2.25. The van der Waals surface area contributed by atoms with Gasteiger partial charge in [0.25, 0.3) is 0 Å². The maximum atomic E-state index is 11.6. The predicted molar refractivity (Wildman–Crippen MR) is 57.6 cm³/mol. The normalized spacial score (nSPS) is 14.2. The van der Waals surface area contributed by atoms with Crippen LogP contribution in [-0.4, -0.2) is 24.0 Å². The number of hydrogen-bond acceptors (Lipinski definition) is 3. The van der Waals surface area contributed by atoms with Crippen LogP contribution in [0.15, 0.2) is 24.3 Å². The van der Waals surface area contributed by atoms with Crippen LogP contribution in [0, 0.1) is 12.0 Å². The van der Waals surface area contributed by atoms with Gasteiger partial charge in [-0.2, -0.15) is 0 Å². The Hall–Kier alpha value is -1.79. The van der Waals surface area contributed by atoms with E-state index < -0.39 is 0 Å². The molecule has 1 aromatic carbocycles. The summed E-state index contributed by atoms with van der Waals surface area (Å²) in [7, 11) is 0. The topological polar surface area (TPSA) is 40.5 Å². The molecule has 0 saturated heterocycles. The van der Waals surface area contributed by atoms with Gasteiger partial charge in [0.05, 0.1) is 5.69 Å². The van der Waals surface area contributed by atoms with Crippen LogP contribution in [0.3, 0.4) is 0 Å². The van der Waals surface area contributed by atoms with Crippen molar-refractivity contribution in [3.63, 3.8) is 0 Å². The molecule has 3 heteroatoms. The third-order valence-corrected chi connectivity index (χ3v) is 2.35. The molecular weight excluding hydrogens is 190 g/mol. The van der Waals surface area contributed by atoms with E-state index in [1.54, 1.807) is 0 Å². The lowest BCUT2D eigenvalue weighted by Gasteiger charge is -2.24. The Morgan fingerprint density at radius 3 is 3.00 bits per heavy atom. The Balaban J connectivity index is 2.40. The fraction of sp³-hybridized carbons (Fsp3) is 0.250. The van der Waals surface area contributed by atoms with E-state index in [1.165, 1.54) is 0 Å². The summed E-state index contributed by atoms with van der Waals surface area (Å²) in [4.78, 5) is 13.4. The number of aliphatic hydroxyl groups excluding tert-OH is 1. The van der Waals surface area contributed by atoms with Gasteiger partial charge in [0, 0.05) is 24.6 Å². The number of ketones is 1. The molecule has 3 nitrogen and oxygen atoms in total. The number of para-hydroxylation sites is 1. The Morgan fingerprint density at radius 2 is 2.20 bits per heavy atom. The van der Waals surface area contributed by atoms with Crippen molar-refractivity contribution in [2.75, 3.05) is 18.1 Å².